The van der Waals surface area contributed by atoms with Crippen molar-refractivity contribution in [2.45, 2.75) is 153 Å². The van der Waals surface area contributed by atoms with E-state index < -0.39 is 23.8 Å². The molecule has 1 unspecified atom stereocenters. The summed E-state index contributed by atoms with van der Waals surface area (Å²) in [5.41, 5.74) is 2.26. The van der Waals surface area contributed by atoms with Gasteiger partial charge in [0.2, 0.25) is 11.9 Å². The average molecular weight is 1050 g/mol. The van der Waals surface area contributed by atoms with Gasteiger partial charge in [-0.2, -0.15) is 4.98 Å². The third kappa shape index (κ3) is 19.1. The number of likely N-dealkylation sites (N-methyl/N-ethyl adjacent to an activating group) is 1. The van der Waals surface area contributed by atoms with Crippen LogP contribution in [0.5, 0.6) is 5.75 Å². The number of halogens is 1. The van der Waals surface area contributed by atoms with Crippen LogP contribution in [-0.4, -0.2) is 109 Å². The molecule has 402 valence electrons. The topological polar surface area (TPSA) is 218 Å². The Hall–Kier alpha value is -5.76. The molecule has 1 aromatic heterocycles. The molecule has 3 heterocycles. The maximum absolute atomic E-state index is 13.5. The summed E-state index contributed by atoms with van der Waals surface area (Å²) >= 11 is 6.50. The molecule has 19 heteroatoms. The Balaban J connectivity index is 0.00000608. The van der Waals surface area contributed by atoms with Crippen LogP contribution in [0.1, 0.15) is 168 Å². The van der Waals surface area contributed by atoms with Gasteiger partial charge < -0.3 is 47.9 Å². The monoisotopic (exact) mass is 1040 g/mol. The van der Waals surface area contributed by atoms with Crippen LogP contribution in [-0.2, 0) is 28.7 Å². The number of benzene rings is 2. The number of ketones is 2. The number of methoxy groups -OCH3 is 1. The summed E-state index contributed by atoms with van der Waals surface area (Å²) < 4.78 is 10.7. The van der Waals surface area contributed by atoms with Gasteiger partial charge >= 0.3 is 18.9 Å². The third-order valence-corrected chi connectivity index (χ3v) is 13.9. The molecule has 2 fully saturated rings. The van der Waals surface area contributed by atoms with Crippen molar-refractivity contribution in [2.24, 2.45) is 0 Å². The molecule has 75 heavy (non-hydrogen) atoms. The molecule has 0 radical (unpaired) electrons. The molecule has 6 rings (SSSR count). The molecule has 3 aromatic rings. The van der Waals surface area contributed by atoms with Gasteiger partial charge in [-0.1, -0.05) is 107 Å². The van der Waals surface area contributed by atoms with Crippen LogP contribution >= 0.6 is 11.6 Å². The van der Waals surface area contributed by atoms with E-state index in [0.717, 1.165) is 56.3 Å². The second-order valence-electron chi connectivity index (χ2n) is 19.0. The minimum Gasteiger partial charge on any atom is -0.516 e. The molecule has 3 aliphatic rings. The molecule has 1 saturated heterocycles. The van der Waals surface area contributed by atoms with E-state index in [0.29, 0.717) is 89.5 Å². The summed E-state index contributed by atoms with van der Waals surface area (Å²) in [7, 11) is 2.96. The van der Waals surface area contributed by atoms with Gasteiger partial charge in [0.15, 0.2) is 18.2 Å². The van der Waals surface area contributed by atoms with E-state index in [4.69, 9.17) is 26.1 Å². The minimum atomic E-state index is -0.881. The molecule has 1 atom stereocenters. The zero-order valence-corrected chi connectivity index (χ0v) is 45.2. The summed E-state index contributed by atoms with van der Waals surface area (Å²) in [6, 6.07) is 10.8. The normalized spacial score (nSPS) is 16.0. The van der Waals surface area contributed by atoms with Gasteiger partial charge in [0.25, 0.3) is 17.7 Å². The predicted molar refractivity (Wildman–Crippen MR) is 287 cm³/mol. The van der Waals surface area contributed by atoms with Gasteiger partial charge in [0.05, 0.1) is 30.5 Å². The number of allylic oxidation sites excluding steroid dienone is 1. The molecular formula is C56H74ClLiN8O9-2. The van der Waals surface area contributed by atoms with Crippen molar-refractivity contribution in [2.75, 3.05) is 55.9 Å². The SMILES string of the molecule is CNC(=O)CO/C([C-]=O)=C/c1[c-]c(OC)cc(Nc2nc(N3CCC(NC(=O)CCCCCCCCCCCCCCCCNc4cccc5c4C(=O)N(C4CCC(=O)CCCC4=O)C5=O)CC3)ncc2Cl)c1.[CH3-].[Li+]. The van der Waals surface area contributed by atoms with Crippen LogP contribution in [0.25, 0.3) is 6.08 Å². The number of rotatable bonds is 29. The molecule has 2 aromatic carbocycles. The number of ether oxygens (including phenoxy) is 2. The van der Waals surface area contributed by atoms with E-state index in [2.05, 4.69) is 37.2 Å². The minimum absolute atomic E-state index is 0. The first-order chi connectivity index (χ1) is 35.5. The number of imide groups is 1. The maximum Gasteiger partial charge on any atom is 1.00 e. The van der Waals surface area contributed by atoms with Crippen LogP contribution in [0.4, 0.5) is 23.1 Å². The first-order valence-corrected chi connectivity index (χ1v) is 26.5. The second-order valence-corrected chi connectivity index (χ2v) is 19.4. The van der Waals surface area contributed by atoms with Gasteiger partial charge in [0, 0.05) is 81.9 Å². The zero-order valence-electron chi connectivity index (χ0n) is 44.4. The number of amides is 4. The van der Waals surface area contributed by atoms with Crippen LogP contribution in [0, 0.1) is 13.5 Å². The van der Waals surface area contributed by atoms with Crippen molar-refractivity contribution in [1.29, 1.82) is 0 Å². The molecule has 4 N–H and O–H groups in total. The predicted octanol–water partition coefficient (Wildman–Crippen LogP) is 6.47. The van der Waals surface area contributed by atoms with Crippen LogP contribution in [0.3, 0.4) is 0 Å². The first kappa shape index (κ1) is 61.8. The number of piperidine rings is 1. The summed E-state index contributed by atoms with van der Waals surface area (Å²) in [6.45, 7) is 1.69. The summed E-state index contributed by atoms with van der Waals surface area (Å²) in [4.78, 5) is 100.0. The maximum atomic E-state index is 13.5. The number of Topliss-reactive ketones (excluding diaryl/α,β-unsaturated/α-hetero) is 2. The van der Waals surface area contributed by atoms with E-state index in [-0.39, 0.29) is 81.4 Å². The Labute approximate surface area is 460 Å². The standard InChI is InChI=1S/C55H71ClN8O9.CH3.Li/c1-57-50(69)37-73-43(36-65)33-38-31-40(34-42(32-38)72-2)61-52-45(56)35-59-55(62-52)63-29-26-39(27-30-63)60-49(68)23-15-13-11-9-7-5-3-4-6-8-10-12-14-16-28-58-46-21-18-20-44-51(46)54(71)64(53(44)70)47-25-24-41(66)19-17-22-48(47)67;;/h18,20-21,31,33-35,39,47,58H,3-17,19,22-30,37H2,1-2H3,(H,57,69)(H,60,68)(H,59,61,62);1H3;/q-2;-1;+1/b43-33+;;. The Kier molecular flexibility index (Phi) is 26.9. The van der Waals surface area contributed by atoms with Crippen molar-refractivity contribution in [3.8, 4) is 5.75 Å². The van der Waals surface area contributed by atoms with Crippen molar-refractivity contribution in [3.05, 3.63) is 77.5 Å². The third-order valence-electron chi connectivity index (χ3n) is 13.6. The number of aromatic nitrogens is 2. The van der Waals surface area contributed by atoms with E-state index in [1.54, 1.807) is 30.6 Å². The molecule has 0 bridgehead atoms. The summed E-state index contributed by atoms with van der Waals surface area (Å²) in [5, 5.41) is 12.5. The molecule has 17 nitrogen and oxygen atoms in total. The van der Waals surface area contributed by atoms with Gasteiger partial charge in [0.1, 0.15) is 10.8 Å². The molecule has 2 aliphatic heterocycles. The number of unbranched alkanes of at least 4 members (excludes halogenated alkanes) is 13. The number of anilines is 4. The molecule has 0 spiro atoms. The zero-order chi connectivity index (χ0) is 52.0. The van der Waals surface area contributed by atoms with Crippen LogP contribution < -0.4 is 49.8 Å². The quantitative estimate of drug-likeness (QED) is 0.0147. The number of hydrogen-bond donors (Lipinski definition) is 4. The van der Waals surface area contributed by atoms with E-state index >= 15 is 0 Å². The van der Waals surface area contributed by atoms with Crippen molar-refractivity contribution >= 4 is 82.3 Å². The van der Waals surface area contributed by atoms with E-state index in [9.17, 15) is 33.6 Å². The fraction of sp³-hybridized carbons (Fsp3) is 0.536. The molecule has 4 amide bonds. The number of nitrogens with one attached hydrogen (secondary N) is 4. The Morgan fingerprint density at radius 2 is 1.53 bits per heavy atom. The number of carbonyl (C=O) groups is 6. The Morgan fingerprint density at radius 1 is 0.867 bits per heavy atom. The van der Waals surface area contributed by atoms with Crippen LogP contribution in [0.15, 0.2) is 42.3 Å². The van der Waals surface area contributed by atoms with Gasteiger partial charge in [-0.05, 0) is 56.3 Å². The average Bonchev–Trinajstić information content (AvgIpc) is 3.64. The second kappa shape index (κ2) is 32.6. The van der Waals surface area contributed by atoms with Gasteiger partial charge in [-0.3, -0.25) is 33.7 Å². The van der Waals surface area contributed by atoms with E-state index in [1.807, 2.05) is 6.07 Å². The first-order valence-electron chi connectivity index (χ1n) is 26.2. The fourth-order valence-corrected chi connectivity index (χ4v) is 9.65. The van der Waals surface area contributed by atoms with Crippen molar-refractivity contribution < 1.29 is 61.9 Å². The number of hydrogen-bond acceptors (Lipinski definition) is 14. The van der Waals surface area contributed by atoms with Crippen molar-refractivity contribution in [1.82, 2.24) is 25.5 Å². The Morgan fingerprint density at radius 3 is 2.19 bits per heavy atom. The van der Waals surface area contributed by atoms with Crippen molar-refractivity contribution in [3.63, 3.8) is 0 Å². The molecule has 1 aliphatic carbocycles. The smallest absolute Gasteiger partial charge is 0.516 e. The summed E-state index contributed by atoms with van der Waals surface area (Å²) in [6.07, 6.45) is 24.3. The van der Waals surface area contributed by atoms with Crippen LogP contribution in [0.2, 0.25) is 5.02 Å². The largest absolute Gasteiger partial charge is 1.00 e. The fourth-order valence-electron chi connectivity index (χ4n) is 9.51. The van der Waals surface area contributed by atoms with Gasteiger partial charge in [-0.15, -0.1) is 17.7 Å². The Bertz CT molecular complexity index is 2430. The summed E-state index contributed by atoms with van der Waals surface area (Å²) in [5.74, 6) is -0.190. The number of fused-ring (bicyclic) bond motifs is 1. The molecule has 1 saturated carbocycles. The molecular weight excluding hydrogens is 971 g/mol. The number of carbonyl (C=O) groups excluding carboxylic acids is 7. The van der Waals surface area contributed by atoms with E-state index in [1.165, 1.54) is 77.8 Å². The number of nitrogens with zero attached hydrogens (tertiary/aromatic N) is 4. The van der Waals surface area contributed by atoms with Gasteiger partial charge in [-0.25, -0.2) is 4.98 Å².